The van der Waals surface area contributed by atoms with E-state index in [1.54, 1.807) is 7.11 Å². The predicted molar refractivity (Wildman–Crippen MR) is 65.4 cm³/mol. The van der Waals surface area contributed by atoms with Gasteiger partial charge < -0.3 is 14.5 Å². The molecular formula is C13H14N2O2. The molecule has 2 aromatic rings. The summed E-state index contributed by atoms with van der Waals surface area (Å²) in [4.78, 5) is 4.41. The molecule has 0 saturated carbocycles. The number of oxazole rings is 1. The molecule has 0 atom stereocenters. The maximum Gasteiger partial charge on any atom is 0.295 e. The summed E-state index contributed by atoms with van der Waals surface area (Å²) in [6.45, 7) is 0. The van der Waals surface area contributed by atoms with Gasteiger partial charge in [0.05, 0.1) is 12.8 Å². The third-order valence-electron chi connectivity index (χ3n) is 3.12. The third-order valence-corrected chi connectivity index (χ3v) is 3.12. The molecule has 88 valence electrons. The fourth-order valence-corrected chi connectivity index (χ4v) is 2.31. The second-order valence-electron chi connectivity index (χ2n) is 4.03. The summed E-state index contributed by atoms with van der Waals surface area (Å²) >= 11 is 0. The van der Waals surface area contributed by atoms with E-state index in [2.05, 4.69) is 16.4 Å². The van der Waals surface area contributed by atoms with E-state index in [4.69, 9.17) is 9.15 Å². The molecule has 0 fully saturated rings. The van der Waals surface area contributed by atoms with E-state index in [0.29, 0.717) is 6.01 Å². The number of aryl methyl sites for hydroxylation is 1. The molecule has 0 spiro atoms. The molecule has 1 aliphatic carbocycles. The number of anilines is 1. The molecule has 0 unspecified atom stereocenters. The fraction of sp³-hybridized carbons (Fsp3) is 0.308. The van der Waals surface area contributed by atoms with E-state index in [9.17, 15) is 0 Å². The second kappa shape index (κ2) is 3.80. The molecule has 4 heteroatoms. The van der Waals surface area contributed by atoms with Gasteiger partial charge in [-0.05, 0) is 18.9 Å². The zero-order valence-electron chi connectivity index (χ0n) is 9.91. The molecule has 0 saturated heterocycles. The smallest absolute Gasteiger partial charge is 0.295 e. The van der Waals surface area contributed by atoms with Crippen LogP contribution in [0, 0.1) is 0 Å². The number of fused-ring (bicyclic) bond motifs is 3. The van der Waals surface area contributed by atoms with E-state index in [0.717, 1.165) is 35.6 Å². The highest BCUT2D eigenvalue weighted by atomic mass is 16.5. The fourth-order valence-electron chi connectivity index (χ4n) is 2.31. The Morgan fingerprint density at radius 3 is 3.00 bits per heavy atom. The molecular weight excluding hydrogens is 216 g/mol. The first kappa shape index (κ1) is 10.2. The largest absolute Gasteiger partial charge is 0.496 e. The van der Waals surface area contributed by atoms with Gasteiger partial charge in [-0.15, -0.1) is 0 Å². The number of hydrogen-bond acceptors (Lipinski definition) is 4. The van der Waals surface area contributed by atoms with Gasteiger partial charge in [0.2, 0.25) is 0 Å². The van der Waals surface area contributed by atoms with Crippen molar-refractivity contribution in [3.63, 3.8) is 0 Å². The van der Waals surface area contributed by atoms with Crippen molar-refractivity contribution in [2.45, 2.75) is 12.8 Å². The molecule has 3 rings (SSSR count). The predicted octanol–water partition coefficient (Wildman–Crippen LogP) is 2.49. The number of nitrogens with zero attached hydrogens (tertiary/aromatic N) is 1. The topological polar surface area (TPSA) is 47.3 Å². The summed E-state index contributed by atoms with van der Waals surface area (Å²) < 4.78 is 11.1. The normalized spacial score (nSPS) is 12.8. The minimum Gasteiger partial charge on any atom is -0.496 e. The van der Waals surface area contributed by atoms with Crippen LogP contribution >= 0.6 is 0 Å². The molecule has 0 radical (unpaired) electrons. The Balaban J connectivity index is 2.19. The van der Waals surface area contributed by atoms with Crippen LogP contribution in [0.15, 0.2) is 22.6 Å². The SMILES string of the molecule is CNc1nc2c(o1)-c1cccc(OC)c1CC2. The number of benzene rings is 1. The van der Waals surface area contributed by atoms with Crippen LogP contribution in [0.25, 0.3) is 11.3 Å². The van der Waals surface area contributed by atoms with Gasteiger partial charge in [-0.3, -0.25) is 0 Å². The van der Waals surface area contributed by atoms with Crippen LogP contribution in [0.3, 0.4) is 0 Å². The summed E-state index contributed by atoms with van der Waals surface area (Å²) in [5.74, 6) is 1.80. The van der Waals surface area contributed by atoms with Gasteiger partial charge in [0.1, 0.15) is 5.75 Å². The Labute approximate surface area is 99.6 Å². The molecule has 1 heterocycles. The van der Waals surface area contributed by atoms with Crippen LogP contribution in [0.1, 0.15) is 11.3 Å². The minimum atomic E-state index is 0.575. The summed E-state index contributed by atoms with van der Waals surface area (Å²) in [5, 5.41) is 2.93. The monoisotopic (exact) mass is 230 g/mol. The highest BCUT2D eigenvalue weighted by Gasteiger charge is 2.24. The number of ether oxygens (including phenoxy) is 1. The molecule has 17 heavy (non-hydrogen) atoms. The van der Waals surface area contributed by atoms with E-state index in [1.807, 2.05) is 19.2 Å². The standard InChI is InChI=1S/C13H14N2O2/c1-14-13-15-10-7-6-8-9(12(10)17-13)4-3-5-11(8)16-2/h3-5H,6-7H2,1-2H3,(H,14,15). The highest BCUT2D eigenvalue weighted by Crippen LogP contribution is 2.39. The average molecular weight is 230 g/mol. The molecule has 0 bridgehead atoms. The number of nitrogens with one attached hydrogen (secondary N) is 1. The van der Waals surface area contributed by atoms with Crippen LogP contribution < -0.4 is 10.1 Å². The van der Waals surface area contributed by atoms with E-state index in [1.165, 1.54) is 5.56 Å². The number of hydrogen-bond donors (Lipinski definition) is 1. The first-order chi connectivity index (χ1) is 8.33. The van der Waals surface area contributed by atoms with Gasteiger partial charge in [-0.1, -0.05) is 12.1 Å². The van der Waals surface area contributed by atoms with E-state index >= 15 is 0 Å². The minimum absolute atomic E-state index is 0.575. The summed E-state index contributed by atoms with van der Waals surface area (Å²) in [6, 6.07) is 6.60. The number of methoxy groups -OCH3 is 1. The molecule has 1 N–H and O–H groups in total. The zero-order chi connectivity index (χ0) is 11.8. The maximum atomic E-state index is 5.70. The Morgan fingerprint density at radius 1 is 1.35 bits per heavy atom. The van der Waals surface area contributed by atoms with Gasteiger partial charge in [0.15, 0.2) is 5.76 Å². The van der Waals surface area contributed by atoms with E-state index in [-0.39, 0.29) is 0 Å². The van der Waals surface area contributed by atoms with Crippen LogP contribution in [-0.2, 0) is 12.8 Å². The van der Waals surface area contributed by atoms with Crippen molar-refractivity contribution in [1.29, 1.82) is 0 Å². The first-order valence-corrected chi connectivity index (χ1v) is 5.67. The van der Waals surface area contributed by atoms with Crippen LogP contribution in [-0.4, -0.2) is 19.1 Å². The van der Waals surface area contributed by atoms with Crippen LogP contribution in [0.4, 0.5) is 6.01 Å². The highest BCUT2D eigenvalue weighted by molar-refractivity contribution is 5.70. The van der Waals surface area contributed by atoms with Gasteiger partial charge >= 0.3 is 0 Å². The Kier molecular flexibility index (Phi) is 2.28. The van der Waals surface area contributed by atoms with Crippen molar-refractivity contribution < 1.29 is 9.15 Å². The zero-order valence-corrected chi connectivity index (χ0v) is 9.91. The summed E-state index contributed by atoms with van der Waals surface area (Å²) in [6.07, 6.45) is 1.84. The molecule has 0 amide bonds. The van der Waals surface area contributed by atoms with Crippen molar-refractivity contribution in [2.75, 3.05) is 19.5 Å². The average Bonchev–Trinajstić information content (AvgIpc) is 2.81. The van der Waals surface area contributed by atoms with Crippen molar-refractivity contribution in [3.8, 4) is 17.1 Å². The van der Waals surface area contributed by atoms with Gasteiger partial charge in [-0.2, -0.15) is 4.98 Å². The van der Waals surface area contributed by atoms with Crippen molar-refractivity contribution in [2.24, 2.45) is 0 Å². The third kappa shape index (κ3) is 1.48. The lowest BCUT2D eigenvalue weighted by Gasteiger charge is -2.16. The Hall–Kier alpha value is -1.97. The molecule has 0 aliphatic heterocycles. The summed E-state index contributed by atoms with van der Waals surface area (Å²) in [7, 11) is 3.51. The van der Waals surface area contributed by atoms with E-state index < -0.39 is 0 Å². The molecule has 4 nitrogen and oxygen atoms in total. The lowest BCUT2D eigenvalue weighted by molar-refractivity contribution is 0.409. The van der Waals surface area contributed by atoms with Crippen molar-refractivity contribution in [3.05, 3.63) is 29.5 Å². The molecule has 1 aromatic carbocycles. The number of rotatable bonds is 2. The first-order valence-electron chi connectivity index (χ1n) is 5.67. The summed E-state index contributed by atoms with van der Waals surface area (Å²) in [5.41, 5.74) is 3.33. The van der Waals surface area contributed by atoms with Crippen molar-refractivity contribution in [1.82, 2.24) is 4.98 Å². The lowest BCUT2D eigenvalue weighted by atomic mass is 9.92. The number of aromatic nitrogens is 1. The Bertz CT molecular complexity index is 561. The van der Waals surface area contributed by atoms with Crippen molar-refractivity contribution >= 4 is 6.01 Å². The van der Waals surface area contributed by atoms with Crippen LogP contribution in [0.2, 0.25) is 0 Å². The molecule has 1 aliphatic rings. The molecule has 1 aromatic heterocycles. The van der Waals surface area contributed by atoms with Gasteiger partial charge in [0.25, 0.3) is 6.01 Å². The Morgan fingerprint density at radius 2 is 2.24 bits per heavy atom. The quantitative estimate of drug-likeness (QED) is 0.861. The maximum absolute atomic E-state index is 5.70. The van der Waals surface area contributed by atoms with Crippen LogP contribution in [0.5, 0.6) is 5.75 Å². The van der Waals surface area contributed by atoms with Gasteiger partial charge in [0, 0.05) is 18.2 Å². The van der Waals surface area contributed by atoms with Gasteiger partial charge in [-0.25, -0.2) is 0 Å². The lowest BCUT2D eigenvalue weighted by Crippen LogP contribution is -2.04. The second-order valence-corrected chi connectivity index (χ2v) is 4.03.